The first-order chi connectivity index (χ1) is 11.4. The van der Waals surface area contributed by atoms with Gasteiger partial charge in [-0.25, -0.2) is 0 Å². The number of hydrogen-bond donors (Lipinski definition) is 2. The fraction of sp³-hybridized carbons (Fsp3) is 0.333. The highest BCUT2D eigenvalue weighted by atomic mass is 16.2. The third-order valence-corrected chi connectivity index (χ3v) is 3.93. The van der Waals surface area contributed by atoms with E-state index in [1.807, 2.05) is 0 Å². The summed E-state index contributed by atoms with van der Waals surface area (Å²) in [6.45, 7) is 3.06. The van der Waals surface area contributed by atoms with Crippen molar-refractivity contribution in [3.8, 4) is 0 Å². The lowest BCUT2D eigenvalue weighted by molar-refractivity contribution is -0.136. The maximum Gasteiger partial charge on any atom is 0.278 e. The normalized spacial score (nSPS) is 17.7. The Bertz CT molecular complexity index is 933. The van der Waals surface area contributed by atoms with Gasteiger partial charge in [-0.1, -0.05) is 5.21 Å². The van der Waals surface area contributed by atoms with E-state index in [1.54, 1.807) is 19.1 Å². The molecular weight excluding hydrogens is 314 g/mol. The van der Waals surface area contributed by atoms with Crippen molar-refractivity contribution in [1.82, 2.24) is 20.3 Å². The van der Waals surface area contributed by atoms with E-state index in [0.29, 0.717) is 16.8 Å². The topological polar surface area (TPSA) is 123 Å². The van der Waals surface area contributed by atoms with E-state index in [-0.39, 0.29) is 30.0 Å². The van der Waals surface area contributed by atoms with Crippen molar-refractivity contribution in [3.05, 3.63) is 28.0 Å². The maximum atomic E-state index is 12.8. The van der Waals surface area contributed by atoms with E-state index in [0.717, 1.165) is 4.68 Å². The summed E-state index contributed by atoms with van der Waals surface area (Å²) in [5, 5.41) is 12.9. The van der Waals surface area contributed by atoms with Gasteiger partial charge >= 0.3 is 0 Å². The average Bonchev–Trinajstić information content (AvgIpc) is 2.51. The Labute approximate surface area is 136 Å². The smallest absolute Gasteiger partial charge is 0.278 e. The molecule has 0 radical (unpaired) electrons. The van der Waals surface area contributed by atoms with Crippen molar-refractivity contribution in [3.63, 3.8) is 0 Å². The van der Waals surface area contributed by atoms with Crippen molar-refractivity contribution in [2.45, 2.75) is 32.7 Å². The van der Waals surface area contributed by atoms with Gasteiger partial charge in [0.2, 0.25) is 11.8 Å². The molecule has 1 aliphatic heterocycles. The van der Waals surface area contributed by atoms with Gasteiger partial charge in [0.25, 0.3) is 11.5 Å². The first kappa shape index (κ1) is 15.8. The number of anilines is 1. The number of aromatic nitrogens is 3. The second kappa shape index (κ2) is 5.84. The molecular formula is C15H15N5O4. The van der Waals surface area contributed by atoms with Crippen LogP contribution in [0, 0.1) is 6.92 Å². The number of piperidine rings is 1. The minimum atomic E-state index is -0.879. The number of carbonyl (C=O) groups excluding carboxylic acids is 3. The number of aryl methyl sites for hydroxylation is 1. The molecule has 1 aromatic carbocycles. The molecule has 2 N–H and O–H groups in total. The third-order valence-electron chi connectivity index (χ3n) is 3.93. The van der Waals surface area contributed by atoms with Gasteiger partial charge in [0.05, 0.1) is 5.39 Å². The molecule has 1 unspecified atom stereocenters. The van der Waals surface area contributed by atoms with Crippen molar-refractivity contribution >= 4 is 34.3 Å². The van der Waals surface area contributed by atoms with Crippen LogP contribution in [0.3, 0.4) is 0 Å². The molecule has 3 amide bonds. The first-order valence-electron chi connectivity index (χ1n) is 7.38. The molecule has 1 saturated heterocycles. The number of imide groups is 1. The van der Waals surface area contributed by atoms with Crippen LogP contribution in [0.2, 0.25) is 0 Å². The predicted octanol–water partition coefficient (Wildman–Crippen LogP) is 0.0360. The van der Waals surface area contributed by atoms with Crippen LogP contribution in [0.5, 0.6) is 0 Å². The van der Waals surface area contributed by atoms with Gasteiger partial charge in [-0.2, -0.15) is 4.68 Å². The summed E-state index contributed by atoms with van der Waals surface area (Å²) in [6, 6.07) is 2.34. The third kappa shape index (κ3) is 2.64. The number of rotatable bonds is 2. The Kier molecular flexibility index (Phi) is 3.84. The monoisotopic (exact) mass is 329 g/mol. The summed E-state index contributed by atoms with van der Waals surface area (Å²) in [5.41, 5.74) is 0.924. The zero-order valence-corrected chi connectivity index (χ0v) is 13.1. The van der Waals surface area contributed by atoms with Gasteiger partial charge in [0.1, 0.15) is 11.6 Å². The number of carbonyl (C=O) groups is 3. The molecule has 2 aromatic rings. The van der Waals surface area contributed by atoms with E-state index < -0.39 is 17.5 Å². The number of benzene rings is 1. The largest absolute Gasteiger partial charge is 0.326 e. The molecule has 24 heavy (non-hydrogen) atoms. The lowest BCUT2D eigenvalue weighted by Gasteiger charge is -2.21. The van der Waals surface area contributed by atoms with Crippen molar-refractivity contribution in [2.24, 2.45) is 0 Å². The van der Waals surface area contributed by atoms with Crippen LogP contribution in [0.15, 0.2) is 16.9 Å². The maximum absolute atomic E-state index is 12.8. The van der Waals surface area contributed by atoms with Gasteiger partial charge in [0.15, 0.2) is 0 Å². The molecule has 1 aliphatic rings. The molecule has 0 saturated carbocycles. The van der Waals surface area contributed by atoms with Crippen LogP contribution in [-0.2, 0) is 14.4 Å². The van der Waals surface area contributed by atoms with Crippen LogP contribution in [0.1, 0.15) is 31.4 Å². The summed E-state index contributed by atoms with van der Waals surface area (Å²) in [5.74, 6) is -1.20. The zero-order valence-electron chi connectivity index (χ0n) is 13.1. The van der Waals surface area contributed by atoms with E-state index in [2.05, 4.69) is 20.9 Å². The lowest BCUT2D eigenvalue weighted by Crippen LogP contribution is -2.45. The Morgan fingerprint density at radius 1 is 1.33 bits per heavy atom. The van der Waals surface area contributed by atoms with Gasteiger partial charge in [-0.3, -0.25) is 24.5 Å². The van der Waals surface area contributed by atoms with Crippen LogP contribution < -0.4 is 16.2 Å². The second-order valence-electron chi connectivity index (χ2n) is 5.62. The van der Waals surface area contributed by atoms with Crippen LogP contribution in [0.25, 0.3) is 10.9 Å². The molecule has 0 spiro atoms. The molecule has 2 heterocycles. The number of fused-ring (bicyclic) bond motifs is 1. The Morgan fingerprint density at radius 2 is 2.08 bits per heavy atom. The molecule has 1 fully saturated rings. The van der Waals surface area contributed by atoms with Gasteiger partial charge in [0, 0.05) is 19.0 Å². The number of amides is 3. The summed E-state index contributed by atoms with van der Waals surface area (Å²) < 4.78 is 0.995. The highest BCUT2D eigenvalue weighted by molar-refractivity contribution is 5.99. The molecule has 9 nitrogen and oxygen atoms in total. The van der Waals surface area contributed by atoms with Gasteiger partial charge in [-0.05, 0) is 31.0 Å². The first-order valence-corrected chi connectivity index (χ1v) is 7.38. The lowest BCUT2D eigenvalue weighted by atomic mass is 10.1. The highest BCUT2D eigenvalue weighted by Gasteiger charge is 2.30. The van der Waals surface area contributed by atoms with Crippen LogP contribution in [-0.4, -0.2) is 32.7 Å². The molecule has 1 aromatic heterocycles. The molecule has 0 bridgehead atoms. The summed E-state index contributed by atoms with van der Waals surface area (Å²) >= 11 is 0. The van der Waals surface area contributed by atoms with E-state index in [9.17, 15) is 19.2 Å². The molecule has 0 aliphatic carbocycles. The number of nitrogens with zero attached hydrogens (tertiary/aromatic N) is 3. The standard InChI is InChI=1S/C15H15N5O4/c1-7-9(16-8(2)21)3-4-10-13(7)15(24)20(19-18-10)11-5-6-12(22)17-14(11)23/h3-4,11H,5-6H2,1-2H3,(H,16,21)(H,17,22,23). The Balaban J connectivity index is 2.14. The predicted molar refractivity (Wildman–Crippen MR) is 84.3 cm³/mol. The zero-order chi connectivity index (χ0) is 17.4. The Morgan fingerprint density at radius 3 is 2.75 bits per heavy atom. The number of nitrogens with one attached hydrogen (secondary N) is 2. The van der Waals surface area contributed by atoms with E-state index in [4.69, 9.17) is 0 Å². The van der Waals surface area contributed by atoms with Crippen LogP contribution >= 0.6 is 0 Å². The van der Waals surface area contributed by atoms with Gasteiger partial charge in [-0.15, -0.1) is 5.10 Å². The fourth-order valence-electron chi connectivity index (χ4n) is 2.75. The highest BCUT2D eigenvalue weighted by Crippen LogP contribution is 2.22. The average molecular weight is 329 g/mol. The molecule has 1 atom stereocenters. The second-order valence-corrected chi connectivity index (χ2v) is 5.62. The van der Waals surface area contributed by atoms with Crippen molar-refractivity contribution < 1.29 is 14.4 Å². The number of hydrogen-bond acceptors (Lipinski definition) is 6. The van der Waals surface area contributed by atoms with Gasteiger partial charge < -0.3 is 5.32 Å². The fourth-order valence-corrected chi connectivity index (χ4v) is 2.75. The Hall–Kier alpha value is -3.10. The minimum absolute atomic E-state index is 0.132. The van der Waals surface area contributed by atoms with Crippen LogP contribution in [0.4, 0.5) is 5.69 Å². The van der Waals surface area contributed by atoms with E-state index in [1.165, 1.54) is 6.92 Å². The van der Waals surface area contributed by atoms with Crippen molar-refractivity contribution in [1.29, 1.82) is 0 Å². The summed E-state index contributed by atoms with van der Waals surface area (Å²) in [7, 11) is 0. The molecule has 9 heteroatoms. The molecule has 124 valence electrons. The minimum Gasteiger partial charge on any atom is -0.326 e. The van der Waals surface area contributed by atoms with Crippen molar-refractivity contribution in [2.75, 3.05) is 5.32 Å². The summed E-state index contributed by atoms with van der Waals surface area (Å²) in [6.07, 6.45) is 0.322. The summed E-state index contributed by atoms with van der Waals surface area (Å²) in [4.78, 5) is 47.3. The van der Waals surface area contributed by atoms with E-state index >= 15 is 0 Å². The molecule has 3 rings (SSSR count). The SMILES string of the molecule is CC(=O)Nc1ccc2nnn(C3CCC(=O)NC3=O)c(=O)c2c1C. The quantitative estimate of drug-likeness (QED) is 0.750.